The Labute approximate surface area is 153 Å². The predicted octanol–water partition coefficient (Wildman–Crippen LogP) is 3.24. The van der Waals surface area contributed by atoms with E-state index in [1.165, 1.54) is 12.1 Å². The van der Waals surface area contributed by atoms with Crippen LogP contribution in [0.2, 0.25) is 0 Å². The van der Waals surface area contributed by atoms with Crippen LogP contribution in [0.25, 0.3) is 0 Å². The van der Waals surface area contributed by atoms with Crippen molar-refractivity contribution in [3.05, 3.63) is 65.7 Å². The first kappa shape index (κ1) is 17.2. The molecule has 0 aliphatic carbocycles. The van der Waals surface area contributed by atoms with Gasteiger partial charge in [-0.2, -0.15) is 0 Å². The van der Waals surface area contributed by atoms with Crippen molar-refractivity contribution in [1.82, 2.24) is 14.8 Å². The van der Waals surface area contributed by atoms with E-state index in [0.29, 0.717) is 13.0 Å². The lowest BCUT2D eigenvalue weighted by atomic mass is 9.77. The number of amides is 1. The lowest BCUT2D eigenvalue weighted by Gasteiger charge is -2.38. The number of piperidine rings is 1. The maximum Gasteiger partial charge on any atom is 0.223 e. The highest BCUT2D eigenvalue weighted by Gasteiger charge is 2.44. The Hall–Kier alpha value is -2.27. The van der Waals surface area contributed by atoms with Gasteiger partial charge in [-0.15, -0.1) is 0 Å². The molecular weight excluding hydrogens is 329 g/mol. The maximum absolute atomic E-state index is 13.0. The number of carbonyl (C=O) groups is 1. The van der Waals surface area contributed by atoms with Crippen LogP contribution in [0.1, 0.15) is 30.4 Å². The number of halogens is 1. The van der Waals surface area contributed by atoms with Crippen molar-refractivity contribution in [3.8, 4) is 0 Å². The minimum Gasteiger partial charge on any atom is -0.338 e. The first-order chi connectivity index (χ1) is 12.6. The van der Waals surface area contributed by atoms with Crippen LogP contribution < -0.4 is 0 Å². The van der Waals surface area contributed by atoms with E-state index in [-0.39, 0.29) is 17.1 Å². The van der Waals surface area contributed by atoms with E-state index in [9.17, 15) is 9.18 Å². The summed E-state index contributed by atoms with van der Waals surface area (Å²) in [5, 5.41) is 0. The normalized spacial score (nSPS) is 20.0. The Balaban J connectivity index is 1.33. The molecule has 136 valence electrons. The van der Waals surface area contributed by atoms with E-state index in [1.807, 2.05) is 29.2 Å². The minimum atomic E-state index is -0.190. The zero-order valence-corrected chi connectivity index (χ0v) is 14.9. The molecule has 1 spiro atoms. The van der Waals surface area contributed by atoms with Gasteiger partial charge in [0.25, 0.3) is 0 Å². The second kappa shape index (κ2) is 7.16. The topological polar surface area (TPSA) is 36.4 Å². The molecule has 0 unspecified atom stereocenters. The molecule has 2 aliphatic rings. The number of pyridine rings is 1. The fourth-order valence-corrected chi connectivity index (χ4v) is 4.20. The van der Waals surface area contributed by atoms with Gasteiger partial charge in [-0.05, 0) is 66.7 Å². The summed E-state index contributed by atoms with van der Waals surface area (Å²) in [5.41, 5.74) is 2.41. The lowest BCUT2D eigenvalue weighted by molar-refractivity contribution is -0.128. The van der Waals surface area contributed by atoms with Crippen LogP contribution in [-0.4, -0.2) is 40.3 Å². The molecule has 5 heteroatoms. The van der Waals surface area contributed by atoms with Gasteiger partial charge >= 0.3 is 0 Å². The molecular formula is C21H24FN3O. The summed E-state index contributed by atoms with van der Waals surface area (Å²) in [4.78, 5) is 21.0. The molecule has 26 heavy (non-hydrogen) atoms. The van der Waals surface area contributed by atoms with Crippen molar-refractivity contribution in [3.63, 3.8) is 0 Å². The Kier molecular flexibility index (Phi) is 4.72. The van der Waals surface area contributed by atoms with Crippen molar-refractivity contribution in [2.45, 2.75) is 32.4 Å². The third-order valence-electron chi connectivity index (χ3n) is 5.76. The number of aromatic nitrogens is 1. The van der Waals surface area contributed by atoms with E-state index in [2.05, 4.69) is 9.88 Å². The van der Waals surface area contributed by atoms with Crippen molar-refractivity contribution in [2.75, 3.05) is 19.6 Å². The molecule has 1 aromatic carbocycles. The van der Waals surface area contributed by atoms with Gasteiger partial charge in [-0.25, -0.2) is 4.39 Å². The highest BCUT2D eigenvalue weighted by atomic mass is 19.1. The van der Waals surface area contributed by atoms with Gasteiger partial charge in [0, 0.05) is 38.4 Å². The Morgan fingerprint density at radius 1 is 0.962 bits per heavy atom. The highest BCUT2D eigenvalue weighted by Crippen LogP contribution is 2.41. The van der Waals surface area contributed by atoms with Crippen LogP contribution in [0.15, 0.2) is 48.8 Å². The summed E-state index contributed by atoms with van der Waals surface area (Å²) >= 11 is 0. The molecule has 2 aromatic rings. The molecule has 0 saturated carbocycles. The van der Waals surface area contributed by atoms with Gasteiger partial charge in [0.2, 0.25) is 5.91 Å². The first-order valence-electron chi connectivity index (χ1n) is 9.25. The van der Waals surface area contributed by atoms with E-state index < -0.39 is 0 Å². The predicted molar refractivity (Wildman–Crippen MR) is 97.6 cm³/mol. The Morgan fingerprint density at radius 2 is 1.62 bits per heavy atom. The number of likely N-dealkylation sites (tertiary alicyclic amines) is 2. The molecule has 0 radical (unpaired) electrons. The summed E-state index contributed by atoms with van der Waals surface area (Å²) in [6, 6.07) is 10.7. The van der Waals surface area contributed by atoms with Gasteiger partial charge in [0.1, 0.15) is 5.82 Å². The van der Waals surface area contributed by atoms with Crippen molar-refractivity contribution in [2.24, 2.45) is 5.41 Å². The van der Waals surface area contributed by atoms with E-state index >= 15 is 0 Å². The molecule has 0 atom stereocenters. The summed E-state index contributed by atoms with van der Waals surface area (Å²) in [6.07, 6.45) is 6.32. The Morgan fingerprint density at radius 3 is 2.31 bits per heavy atom. The molecule has 0 N–H and O–H groups in total. The second-order valence-corrected chi connectivity index (χ2v) is 7.68. The zero-order valence-electron chi connectivity index (χ0n) is 14.9. The van der Waals surface area contributed by atoms with Crippen LogP contribution in [0, 0.1) is 11.2 Å². The quantitative estimate of drug-likeness (QED) is 0.847. The van der Waals surface area contributed by atoms with Gasteiger partial charge in [-0.3, -0.25) is 14.7 Å². The number of nitrogens with zero attached hydrogens (tertiary/aromatic N) is 3. The molecule has 2 fully saturated rings. The number of hydrogen-bond acceptors (Lipinski definition) is 3. The van der Waals surface area contributed by atoms with Gasteiger partial charge in [-0.1, -0.05) is 12.1 Å². The standard InChI is InChI=1S/C21H24FN3O/c22-19-3-1-17(2-4-19)14-24-11-7-21(8-12-24)13-20(26)25(16-21)15-18-5-9-23-10-6-18/h1-6,9-10H,7-8,11-16H2. The van der Waals surface area contributed by atoms with Crippen LogP contribution in [0.3, 0.4) is 0 Å². The third-order valence-corrected chi connectivity index (χ3v) is 5.76. The molecule has 2 saturated heterocycles. The smallest absolute Gasteiger partial charge is 0.223 e. The maximum atomic E-state index is 13.0. The van der Waals surface area contributed by atoms with E-state index in [1.54, 1.807) is 12.4 Å². The van der Waals surface area contributed by atoms with Crippen LogP contribution in [-0.2, 0) is 17.9 Å². The van der Waals surface area contributed by atoms with E-state index in [4.69, 9.17) is 0 Å². The van der Waals surface area contributed by atoms with Gasteiger partial charge in [0.05, 0.1) is 0 Å². The van der Waals surface area contributed by atoms with Crippen LogP contribution >= 0.6 is 0 Å². The van der Waals surface area contributed by atoms with Crippen molar-refractivity contribution >= 4 is 5.91 Å². The summed E-state index contributed by atoms with van der Waals surface area (Å²) in [6.45, 7) is 4.38. The fraction of sp³-hybridized carbons (Fsp3) is 0.429. The third kappa shape index (κ3) is 3.78. The number of carbonyl (C=O) groups excluding carboxylic acids is 1. The van der Waals surface area contributed by atoms with Crippen LogP contribution in [0.5, 0.6) is 0 Å². The molecule has 3 heterocycles. The fourth-order valence-electron chi connectivity index (χ4n) is 4.20. The van der Waals surface area contributed by atoms with Crippen molar-refractivity contribution < 1.29 is 9.18 Å². The van der Waals surface area contributed by atoms with Gasteiger partial charge < -0.3 is 4.90 Å². The second-order valence-electron chi connectivity index (χ2n) is 7.68. The van der Waals surface area contributed by atoms with Crippen LogP contribution in [0.4, 0.5) is 4.39 Å². The first-order valence-corrected chi connectivity index (χ1v) is 9.25. The molecule has 4 nitrogen and oxygen atoms in total. The monoisotopic (exact) mass is 353 g/mol. The summed E-state index contributed by atoms with van der Waals surface area (Å²) in [5.74, 6) is 0.0823. The van der Waals surface area contributed by atoms with E-state index in [0.717, 1.165) is 50.1 Å². The average Bonchev–Trinajstić information content (AvgIpc) is 2.95. The zero-order chi connectivity index (χ0) is 18.0. The SMILES string of the molecule is O=C1CC2(CCN(Cc3ccc(F)cc3)CC2)CN1Cc1ccncc1. The number of benzene rings is 1. The molecule has 0 bridgehead atoms. The summed E-state index contributed by atoms with van der Waals surface area (Å²) < 4.78 is 13.0. The average molecular weight is 353 g/mol. The molecule has 2 aliphatic heterocycles. The lowest BCUT2D eigenvalue weighted by Crippen LogP contribution is -2.41. The highest BCUT2D eigenvalue weighted by molar-refractivity contribution is 5.79. The molecule has 1 amide bonds. The molecule has 4 rings (SSSR count). The summed E-state index contributed by atoms with van der Waals surface area (Å²) in [7, 11) is 0. The van der Waals surface area contributed by atoms with Gasteiger partial charge in [0.15, 0.2) is 0 Å². The number of rotatable bonds is 4. The largest absolute Gasteiger partial charge is 0.338 e. The minimum absolute atomic E-state index is 0.128. The Bertz CT molecular complexity index is 755. The molecule has 1 aromatic heterocycles. The number of hydrogen-bond donors (Lipinski definition) is 0. The van der Waals surface area contributed by atoms with Crippen molar-refractivity contribution in [1.29, 1.82) is 0 Å².